The maximum Gasteiger partial charge on any atom is 0.243 e. The van der Waals surface area contributed by atoms with Gasteiger partial charge in [0, 0.05) is 30.9 Å². The first kappa shape index (κ1) is 15.9. The number of nitrogens with one attached hydrogen (secondary N) is 2. The summed E-state index contributed by atoms with van der Waals surface area (Å²) >= 11 is 0. The van der Waals surface area contributed by atoms with Crippen molar-refractivity contribution in [3.8, 4) is 11.4 Å². The van der Waals surface area contributed by atoms with Gasteiger partial charge >= 0.3 is 0 Å². The highest BCUT2D eigenvalue weighted by Gasteiger charge is 2.09. The second kappa shape index (κ2) is 7.09. The molecule has 1 aromatic carbocycles. The first-order valence-electron chi connectivity index (χ1n) is 8.16. The maximum absolute atomic E-state index is 12.0. The number of aromatic nitrogens is 7. The van der Waals surface area contributed by atoms with Gasteiger partial charge in [0.2, 0.25) is 5.91 Å². The molecule has 0 bridgehead atoms. The van der Waals surface area contributed by atoms with E-state index in [1.165, 1.54) is 4.80 Å². The number of H-pyrrole nitrogens is 1. The van der Waals surface area contributed by atoms with E-state index in [4.69, 9.17) is 0 Å². The molecule has 2 N–H and O–H groups in total. The Hall–Kier alpha value is -3.62. The van der Waals surface area contributed by atoms with Gasteiger partial charge in [-0.3, -0.25) is 14.9 Å². The summed E-state index contributed by atoms with van der Waals surface area (Å²) in [6.45, 7) is 0.521. The molecule has 0 fully saturated rings. The number of benzene rings is 1. The number of carbonyl (C=O) groups excluding carboxylic acids is 1. The third-order valence-corrected chi connectivity index (χ3v) is 3.75. The number of hydrogen-bond donors (Lipinski definition) is 2. The van der Waals surface area contributed by atoms with Crippen molar-refractivity contribution in [1.82, 2.24) is 40.5 Å². The lowest BCUT2D eigenvalue weighted by atomic mass is 10.3. The summed E-state index contributed by atoms with van der Waals surface area (Å²) in [4.78, 5) is 21.9. The molecule has 0 radical (unpaired) electrons. The van der Waals surface area contributed by atoms with Crippen LogP contribution in [0.5, 0.6) is 0 Å². The van der Waals surface area contributed by atoms with Crippen LogP contribution in [0.1, 0.15) is 5.82 Å². The number of carbonyl (C=O) groups is 1. The maximum atomic E-state index is 12.0. The summed E-state index contributed by atoms with van der Waals surface area (Å²) in [5, 5.41) is 18.4. The predicted molar refractivity (Wildman–Crippen MR) is 93.9 cm³/mol. The van der Waals surface area contributed by atoms with Gasteiger partial charge in [0.05, 0.1) is 0 Å². The summed E-state index contributed by atoms with van der Waals surface area (Å²) in [5.41, 5.74) is 2.38. The van der Waals surface area contributed by atoms with Crippen LogP contribution < -0.4 is 5.32 Å². The largest absolute Gasteiger partial charge is 0.354 e. The molecule has 3 aromatic heterocycles. The standard InChI is InChI=1S/C17H16N8O/c26-16(11-25-23-13-5-1-2-6-14(13)24-25)19-9-7-15-20-17(22-21-15)12-4-3-8-18-10-12/h1-6,8,10H,7,9,11H2,(H,19,26)(H,20,21,22). The first-order valence-corrected chi connectivity index (χ1v) is 8.16. The molecule has 1 amide bonds. The normalized spacial score (nSPS) is 10.9. The Kier molecular flexibility index (Phi) is 4.33. The molecule has 9 nitrogen and oxygen atoms in total. The quantitative estimate of drug-likeness (QED) is 0.537. The van der Waals surface area contributed by atoms with Gasteiger partial charge in [0.15, 0.2) is 5.82 Å². The van der Waals surface area contributed by atoms with Gasteiger partial charge < -0.3 is 5.32 Å². The van der Waals surface area contributed by atoms with Crippen molar-refractivity contribution in [3.63, 3.8) is 0 Å². The van der Waals surface area contributed by atoms with E-state index in [-0.39, 0.29) is 12.5 Å². The Morgan fingerprint density at radius 2 is 1.92 bits per heavy atom. The molecule has 0 saturated heterocycles. The van der Waals surface area contributed by atoms with E-state index >= 15 is 0 Å². The fraction of sp³-hybridized carbons (Fsp3) is 0.176. The van der Waals surface area contributed by atoms with Crippen molar-refractivity contribution in [1.29, 1.82) is 0 Å². The van der Waals surface area contributed by atoms with Crippen LogP contribution in [-0.4, -0.2) is 47.6 Å². The van der Waals surface area contributed by atoms with Gasteiger partial charge in [-0.25, -0.2) is 4.98 Å². The molecule has 4 rings (SSSR count). The van der Waals surface area contributed by atoms with Crippen LogP contribution in [0, 0.1) is 0 Å². The molecule has 0 aliphatic heterocycles. The number of fused-ring (bicyclic) bond motifs is 1. The summed E-state index contributed by atoms with van der Waals surface area (Å²) < 4.78 is 0. The third-order valence-electron chi connectivity index (χ3n) is 3.75. The van der Waals surface area contributed by atoms with Gasteiger partial charge in [0.1, 0.15) is 23.4 Å². The van der Waals surface area contributed by atoms with Crippen LogP contribution in [0.15, 0.2) is 48.8 Å². The van der Waals surface area contributed by atoms with Crippen LogP contribution in [0.4, 0.5) is 0 Å². The minimum Gasteiger partial charge on any atom is -0.354 e. The Labute approximate surface area is 148 Å². The molecule has 4 aromatic rings. The molecule has 130 valence electrons. The van der Waals surface area contributed by atoms with E-state index in [9.17, 15) is 4.79 Å². The van der Waals surface area contributed by atoms with Crippen LogP contribution in [0.3, 0.4) is 0 Å². The average Bonchev–Trinajstić information content (AvgIpc) is 3.29. The molecule has 0 aliphatic rings. The number of rotatable bonds is 6. The number of pyridine rings is 1. The smallest absolute Gasteiger partial charge is 0.243 e. The minimum absolute atomic E-state index is 0.0754. The molecule has 0 atom stereocenters. The second-order valence-corrected chi connectivity index (χ2v) is 5.67. The fourth-order valence-electron chi connectivity index (χ4n) is 2.51. The lowest BCUT2D eigenvalue weighted by Gasteiger charge is -2.02. The van der Waals surface area contributed by atoms with Crippen LogP contribution in [0.2, 0.25) is 0 Å². The van der Waals surface area contributed by atoms with Crippen molar-refractivity contribution in [2.45, 2.75) is 13.0 Å². The van der Waals surface area contributed by atoms with E-state index in [1.54, 1.807) is 12.4 Å². The highest BCUT2D eigenvalue weighted by Crippen LogP contribution is 2.12. The highest BCUT2D eigenvalue weighted by atomic mass is 16.2. The SMILES string of the molecule is O=C(Cn1nc2ccccc2n1)NCCc1nc(-c2cccnc2)n[nH]1. The van der Waals surface area contributed by atoms with Gasteiger partial charge in [-0.15, -0.1) is 0 Å². The molecule has 3 heterocycles. The number of hydrogen-bond acceptors (Lipinski definition) is 6. The molecule has 26 heavy (non-hydrogen) atoms. The van der Waals surface area contributed by atoms with E-state index < -0.39 is 0 Å². The predicted octanol–water partition coefficient (Wildman–Crippen LogP) is 0.970. The summed E-state index contributed by atoms with van der Waals surface area (Å²) in [7, 11) is 0. The lowest BCUT2D eigenvalue weighted by molar-refractivity contribution is -0.122. The Balaban J connectivity index is 1.29. The number of aromatic amines is 1. The van der Waals surface area contributed by atoms with E-state index in [0.717, 1.165) is 16.6 Å². The Morgan fingerprint density at radius 1 is 1.12 bits per heavy atom. The number of amides is 1. The van der Waals surface area contributed by atoms with Gasteiger partial charge in [-0.05, 0) is 24.3 Å². The molecule has 0 aliphatic carbocycles. The van der Waals surface area contributed by atoms with Crippen molar-refractivity contribution in [2.24, 2.45) is 0 Å². The zero-order valence-corrected chi connectivity index (χ0v) is 13.8. The van der Waals surface area contributed by atoms with E-state index in [1.807, 2.05) is 36.4 Å². The van der Waals surface area contributed by atoms with Crippen molar-refractivity contribution >= 4 is 16.9 Å². The minimum atomic E-state index is -0.155. The third kappa shape index (κ3) is 3.56. The molecule has 0 spiro atoms. The van der Waals surface area contributed by atoms with Gasteiger partial charge in [-0.2, -0.15) is 20.1 Å². The monoisotopic (exact) mass is 348 g/mol. The van der Waals surface area contributed by atoms with Crippen molar-refractivity contribution in [2.75, 3.05) is 6.54 Å². The van der Waals surface area contributed by atoms with E-state index in [2.05, 4.69) is 35.7 Å². The van der Waals surface area contributed by atoms with E-state index in [0.29, 0.717) is 24.6 Å². The number of nitrogens with zero attached hydrogens (tertiary/aromatic N) is 6. The van der Waals surface area contributed by atoms with Gasteiger partial charge in [0.25, 0.3) is 0 Å². The molecule has 0 unspecified atom stereocenters. The summed E-state index contributed by atoms with van der Waals surface area (Å²) in [5.74, 6) is 1.14. The van der Waals surface area contributed by atoms with Gasteiger partial charge in [-0.1, -0.05) is 12.1 Å². The Bertz CT molecular complexity index is 990. The van der Waals surface area contributed by atoms with Crippen LogP contribution in [-0.2, 0) is 17.8 Å². The fourth-order valence-corrected chi connectivity index (χ4v) is 2.51. The Morgan fingerprint density at radius 3 is 2.65 bits per heavy atom. The lowest BCUT2D eigenvalue weighted by Crippen LogP contribution is -2.30. The van der Waals surface area contributed by atoms with Crippen molar-refractivity contribution < 1.29 is 4.79 Å². The zero-order chi connectivity index (χ0) is 17.8. The molecular weight excluding hydrogens is 332 g/mol. The average molecular weight is 348 g/mol. The highest BCUT2D eigenvalue weighted by molar-refractivity contribution is 5.77. The topological polar surface area (TPSA) is 114 Å². The van der Waals surface area contributed by atoms with Crippen molar-refractivity contribution in [3.05, 3.63) is 54.6 Å². The molecule has 0 saturated carbocycles. The first-order chi connectivity index (χ1) is 12.8. The molecular formula is C17H16N8O. The van der Waals surface area contributed by atoms with Crippen LogP contribution in [0.25, 0.3) is 22.4 Å². The summed E-state index contributed by atoms with van der Waals surface area (Å²) in [6.07, 6.45) is 3.95. The second-order valence-electron chi connectivity index (χ2n) is 5.67. The molecule has 9 heteroatoms. The zero-order valence-electron chi connectivity index (χ0n) is 13.8. The van der Waals surface area contributed by atoms with Crippen LogP contribution >= 0.6 is 0 Å². The summed E-state index contributed by atoms with van der Waals surface area (Å²) in [6, 6.07) is 11.2.